The molecule has 1 heterocycles. The van der Waals surface area contributed by atoms with Crippen molar-refractivity contribution in [3.8, 4) is 17.2 Å². The Kier molecular flexibility index (Phi) is 8.33. The van der Waals surface area contributed by atoms with Gasteiger partial charge < -0.3 is 25.0 Å². The molecule has 4 rings (SSSR count). The number of ether oxygens (including phenoxy) is 2. The highest BCUT2D eigenvalue weighted by Crippen LogP contribution is 2.30. The van der Waals surface area contributed by atoms with Crippen LogP contribution in [0.4, 0.5) is 0 Å². The Morgan fingerprint density at radius 2 is 1.74 bits per heavy atom. The summed E-state index contributed by atoms with van der Waals surface area (Å²) in [5.74, 6) is 2.12. The van der Waals surface area contributed by atoms with Crippen LogP contribution in [0.25, 0.3) is 10.9 Å². The van der Waals surface area contributed by atoms with Crippen molar-refractivity contribution < 1.29 is 19.7 Å². The van der Waals surface area contributed by atoms with Crippen LogP contribution in [0.2, 0.25) is 5.02 Å². The SMILES string of the molecule is OCC(Cc1ccc(Oc2ccnc3cc(Cl)ccc23)cc1)NC[C@H](O)COc1ccccc1. The molecule has 2 atom stereocenters. The molecule has 0 radical (unpaired) electrons. The number of pyridine rings is 1. The number of aromatic nitrogens is 1. The Labute approximate surface area is 203 Å². The van der Waals surface area contributed by atoms with Crippen molar-refractivity contribution in [3.05, 3.63) is 95.6 Å². The lowest BCUT2D eigenvalue weighted by Crippen LogP contribution is -2.41. The molecule has 3 N–H and O–H groups in total. The maximum absolute atomic E-state index is 10.2. The minimum atomic E-state index is -0.685. The lowest BCUT2D eigenvalue weighted by molar-refractivity contribution is 0.0997. The summed E-state index contributed by atoms with van der Waals surface area (Å²) < 4.78 is 11.6. The van der Waals surface area contributed by atoms with Gasteiger partial charge in [0, 0.05) is 29.2 Å². The Morgan fingerprint density at radius 3 is 2.50 bits per heavy atom. The number of nitrogens with one attached hydrogen (secondary N) is 1. The Morgan fingerprint density at radius 1 is 0.941 bits per heavy atom. The standard InChI is InChI=1S/C27H27ClN2O4/c28-20-8-11-25-26(15-20)29-13-12-27(25)34-24-9-6-19(7-10-24)14-21(17-31)30-16-22(32)18-33-23-4-2-1-3-5-23/h1-13,15,21-22,30-32H,14,16-18H2/t21?,22-/m0/s1. The summed E-state index contributed by atoms with van der Waals surface area (Å²) in [7, 11) is 0. The number of benzene rings is 3. The normalized spacial score (nSPS) is 12.9. The molecule has 7 heteroatoms. The minimum Gasteiger partial charge on any atom is -0.491 e. The van der Waals surface area contributed by atoms with Crippen LogP contribution in [0, 0.1) is 0 Å². The summed E-state index contributed by atoms with van der Waals surface area (Å²) >= 11 is 6.06. The number of rotatable bonds is 11. The van der Waals surface area contributed by atoms with Gasteiger partial charge in [0.25, 0.3) is 0 Å². The highest BCUT2D eigenvalue weighted by atomic mass is 35.5. The fourth-order valence-corrected chi connectivity index (χ4v) is 3.73. The van der Waals surface area contributed by atoms with E-state index in [2.05, 4.69) is 10.3 Å². The monoisotopic (exact) mass is 478 g/mol. The van der Waals surface area contributed by atoms with E-state index < -0.39 is 6.10 Å². The molecule has 0 bridgehead atoms. The van der Waals surface area contributed by atoms with Crippen LogP contribution < -0.4 is 14.8 Å². The lowest BCUT2D eigenvalue weighted by atomic mass is 10.1. The lowest BCUT2D eigenvalue weighted by Gasteiger charge is -2.19. The summed E-state index contributed by atoms with van der Waals surface area (Å²) in [4.78, 5) is 4.34. The molecule has 0 aliphatic heterocycles. The van der Waals surface area contributed by atoms with E-state index in [1.165, 1.54) is 0 Å². The first-order valence-electron chi connectivity index (χ1n) is 11.1. The maximum Gasteiger partial charge on any atom is 0.138 e. The van der Waals surface area contributed by atoms with Gasteiger partial charge in [-0.1, -0.05) is 41.9 Å². The van der Waals surface area contributed by atoms with E-state index in [1.807, 2.05) is 72.8 Å². The summed E-state index contributed by atoms with van der Waals surface area (Å²) in [6.07, 6.45) is 1.62. The molecular weight excluding hydrogens is 452 g/mol. The van der Waals surface area contributed by atoms with E-state index in [-0.39, 0.29) is 19.3 Å². The molecule has 0 aliphatic carbocycles. The van der Waals surface area contributed by atoms with Crippen LogP contribution in [0.5, 0.6) is 17.2 Å². The third kappa shape index (κ3) is 6.68. The van der Waals surface area contributed by atoms with E-state index >= 15 is 0 Å². The first kappa shape index (κ1) is 24.0. The predicted octanol–water partition coefficient (Wildman–Crippen LogP) is 4.61. The second-order valence-corrected chi connectivity index (χ2v) is 8.42. The topological polar surface area (TPSA) is 83.8 Å². The number of nitrogens with zero attached hydrogens (tertiary/aromatic N) is 1. The molecule has 0 saturated carbocycles. The van der Waals surface area contributed by atoms with Gasteiger partial charge in [-0.2, -0.15) is 0 Å². The van der Waals surface area contributed by atoms with Crippen LogP contribution in [-0.4, -0.2) is 47.1 Å². The van der Waals surface area contributed by atoms with Crippen molar-refractivity contribution in [2.24, 2.45) is 0 Å². The molecule has 1 aromatic heterocycles. The number of aliphatic hydroxyl groups excluding tert-OH is 2. The largest absolute Gasteiger partial charge is 0.491 e. The van der Waals surface area contributed by atoms with Crippen LogP contribution in [-0.2, 0) is 6.42 Å². The van der Waals surface area contributed by atoms with Crippen molar-refractivity contribution in [3.63, 3.8) is 0 Å². The van der Waals surface area contributed by atoms with Crippen molar-refractivity contribution in [1.82, 2.24) is 10.3 Å². The van der Waals surface area contributed by atoms with E-state index in [0.29, 0.717) is 35.2 Å². The van der Waals surface area contributed by atoms with E-state index in [4.69, 9.17) is 21.1 Å². The number of fused-ring (bicyclic) bond motifs is 1. The molecule has 176 valence electrons. The smallest absolute Gasteiger partial charge is 0.138 e. The average molecular weight is 479 g/mol. The molecule has 34 heavy (non-hydrogen) atoms. The maximum atomic E-state index is 10.2. The van der Waals surface area contributed by atoms with Crippen molar-refractivity contribution in [2.75, 3.05) is 19.8 Å². The molecule has 4 aromatic rings. The third-order valence-corrected chi connectivity index (χ3v) is 5.58. The zero-order chi connectivity index (χ0) is 23.8. The number of hydrogen-bond acceptors (Lipinski definition) is 6. The van der Waals surface area contributed by atoms with Crippen LogP contribution in [0.15, 0.2) is 85.1 Å². The molecule has 0 fully saturated rings. The molecule has 0 aliphatic rings. The van der Waals surface area contributed by atoms with Gasteiger partial charge in [-0.05, 0) is 60.5 Å². The highest BCUT2D eigenvalue weighted by Gasteiger charge is 2.12. The summed E-state index contributed by atoms with van der Waals surface area (Å²) in [6, 6.07) is 24.2. The van der Waals surface area contributed by atoms with E-state index in [9.17, 15) is 10.2 Å². The fraction of sp³-hybridized carbons (Fsp3) is 0.222. The van der Waals surface area contributed by atoms with Gasteiger partial charge in [-0.25, -0.2) is 0 Å². The van der Waals surface area contributed by atoms with Gasteiger partial charge in [0.15, 0.2) is 0 Å². The minimum absolute atomic E-state index is 0.0456. The van der Waals surface area contributed by atoms with Crippen molar-refractivity contribution in [1.29, 1.82) is 0 Å². The number of aliphatic hydroxyl groups is 2. The molecular formula is C27H27ClN2O4. The second-order valence-electron chi connectivity index (χ2n) is 7.99. The third-order valence-electron chi connectivity index (χ3n) is 5.35. The molecule has 1 unspecified atom stereocenters. The summed E-state index contributed by atoms with van der Waals surface area (Å²) in [5, 5.41) is 24.7. The number of hydrogen-bond donors (Lipinski definition) is 3. The molecule has 3 aromatic carbocycles. The first-order chi connectivity index (χ1) is 16.6. The van der Waals surface area contributed by atoms with Crippen molar-refractivity contribution >= 4 is 22.5 Å². The second kappa shape index (κ2) is 11.8. The zero-order valence-electron chi connectivity index (χ0n) is 18.6. The molecule has 0 amide bonds. The van der Waals surface area contributed by atoms with E-state index in [1.54, 1.807) is 12.3 Å². The summed E-state index contributed by atoms with van der Waals surface area (Å²) in [6.45, 7) is 0.450. The quantitative estimate of drug-likeness (QED) is 0.292. The highest BCUT2D eigenvalue weighted by molar-refractivity contribution is 6.31. The number of para-hydroxylation sites is 1. The van der Waals surface area contributed by atoms with Gasteiger partial charge in [-0.3, -0.25) is 4.98 Å². The van der Waals surface area contributed by atoms with Crippen LogP contribution >= 0.6 is 11.6 Å². The van der Waals surface area contributed by atoms with Crippen LogP contribution in [0.1, 0.15) is 5.56 Å². The zero-order valence-corrected chi connectivity index (χ0v) is 19.4. The molecule has 0 spiro atoms. The van der Waals surface area contributed by atoms with E-state index in [0.717, 1.165) is 16.5 Å². The fourth-order valence-electron chi connectivity index (χ4n) is 3.56. The summed E-state index contributed by atoms with van der Waals surface area (Å²) in [5.41, 5.74) is 1.81. The molecule has 0 saturated heterocycles. The van der Waals surface area contributed by atoms with Crippen LogP contribution in [0.3, 0.4) is 0 Å². The molecule has 6 nitrogen and oxygen atoms in total. The Balaban J connectivity index is 1.29. The Bertz CT molecular complexity index is 1190. The average Bonchev–Trinajstić information content (AvgIpc) is 2.87. The van der Waals surface area contributed by atoms with Gasteiger partial charge in [0.05, 0.1) is 12.1 Å². The first-order valence-corrected chi connectivity index (χ1v) is 11.5. The van der Waals surface area contributed by atoms with Gasteiger partial charge in [0.1, 0.15) is 30.0 Å². The van der Waals surface area contributed by atoms with Gasteiger partial charge in [0.2, 0.25) is 0 Å². The van der Waals surface area contributed by atoms with Crippen molar-refractivity contribution in [2.45, 2.75) is 18.6 Å². The Hall–Kier alpha value is -3.16. The number of halogens is 1. The van der Waals surface area contributed by atoms with Gasteiger partial charge >= 0.3 is 0 Å². The van der Waals surface area contributed by atoms with Gasteiger partial charge in [-0.15, -0.1) is 0 Å². The predicted molar refractivity (Wildman–Crippen MR) is 134 cm³/mol.